The quantitative estimate of drug-likeness (QED) is 0.230. The molecule has 0 atom stereocenters. The fourth-order valence-corrected chi connectivity index (χ4v) is 1.48. The van der Waals surface area contributed by atoms with Gasteiger partial charge in [-0.05, 0) is 0 Å². The van der Waals surface area contributed by atoms with Crippen LogP contribution in [0.15, 0.2) is 0 Å². The maximum Gasteiger partial charge on any atom is 0.107 e. The molecule has 0 aliphatic rings. The van der Waals surface area contributed by atoms with E-state index in [0.29, 0.717) is 92.5 Å². The van der Waals surface area contributed by atoms with Gasteiger partial charge in [-0.2, -0.15) is 0 Å². The van der Waals surface area contributed by atoms with Crippen molar-refractivity contribution in [3.8, 4) is 24.7 Å². The summed E-state index contributed by atoms with van der Waals surface area (Å²) in [5, 5.41) is 0. The molecule has 25 heavy (non-hydrogen) atoms. The van der Waals surface area contributed by atoms with Crippen LogP contribution in [0.5, 0.6) is 0 Å². The lowest BCUT2D eigenvalue weighted by molar-refractivity contribution is -0.0187. The van der Waals surface area contributed by atoms with Crippen molar-refractivity contribution in [2.45, 2.75) is 0 Å². The van der Waals surface area contributed by atoms with Gasteiger partial charge >= 0.3 is 0 Å². The van der Waals surface area contributed by atoms with Gasteiger partial charge in [0, 0.05) is 0 Å². The highest BCUT2D eigenvalue weighted by atomic mass is 16.6. The Morgan fingerprint density at radius 2 is 0.560 bits per heavy atom. The van der Waals surface area contributed by atoms with Gasteiger partial charge in [0.25, 0.3) is 0 Å². The van der Waals surface area contributed by atoms with Crippen molar-refractivity contribution < 1.29 is 33.2 Å². The van der Waals surface area contributed by atoms with E-state index in [1.54, 1.807) is 0 Å². The van der Waals surface area contributed by atoms with Gasteiger partial charge in [-0.3, -0.25) is 0 Å². The Labute approximate surface area is 151 Å². The Morgan fingerprint density at radius 3 is 0.760 bits per heavy atom. The second-order valence-corrected chi connectivity index (χ2v) is 4.58. The SMILES string of the molecule is C#CCOCCOCCOCCOCCOCCOCCOCC#C. The minimum atomic E-state index is 0.316. The van der Waals surface area contributed by atoms with Crippen molar-refractivity contribution in [3.63, 3.8) is 0 Å². The third-order valence-electron chi connectivity index (χ3n) is 2.60. The van der Waals surface area contributed by atoms with Gasteiger partial charge in [0.1, 0.15) is 13.2 Å². The van der Waals surface area contributed by atoms with Crippen molar-refractivity contribution in [2.24, 2.45) is 0 Å². The first kappa shape index (κ1) is 23.8. The van der Waals surface area contributed by atoms with E-state index < -0.39 is 0 Å². The largest absolute Gasteiger partial charge is 0.377 e. The minimum Gasteiger partial charge on any atom is -0.377 e. The summed E-state index contributed by atoms with van der Waals surface area (Å²) in [4.78, 5) is 0. The molecule has 144 valence electrons. The van der Waals surface area contributed by atoms with E-state index in [1.165, 1.54) is 0 Å². The molecular formula is C18H30O7. The molecule has 7 nitrogen and oxygen atoms in total. The predicted molar refractivity (Wildman–Crippen MR) is 93.4 cm³/mol. The molecule has 0 spiro atoms. The van der Waals surface area contributed by atoms with Gasteiger partial charge in [-0.15, -0.1) is 12.8 Å². The molecule has 0 amide bonds. The molecule has 0 aromatic heterocycles. The van der Waals surface area contributed by atoms with Crippen molar-refractivity contribution >= 4 is 0 Å². The minimum absolute atomic E-state index is 0.316. The molecule has 0 aliphatic heterocycles. The molecular weight excluding hydrogens is 328 g/mol. The van der Waals surface area contributed by atoms with E-state index in [-0.39, 0.29) is 0 Å². The summed E-state index contributed by atoms with van der Waals surface area (Å²) >= 11 is 0. The standard InChI is InChI=1S/C18H30O7/c1-3-5-19-7-9-21-11-13-23-15-17-25-18-16-24-14-12-22-10-8-20-6-4-2/h1-2H,5-18H2. The summed E-state index contributed by atoms with van der Waals surface area (Å²) in [5.74, 6) is 4.77. The first-order chi connectivity index (χ1) is 12.4. The van der Waals surface area contributed by atoms with Crippen molar-refractivity contribution in [2.75, 3.05) is 92.5 Å². The fourth-order valence-electron chi connectivity index (χ4n) is 1.48. The molecule has 7 heteroatoms. The molecule has 0 fully saturated rings. The molecule has 0 N–H and O–H groups in total. The van der Waals surface area contributed by atoms with Crippen molar-refractivity contribution in [1.82, 2.24) is 0 Å². The number of hydrogen-bond donors (Lipinski definition) is 0. The second kappa shape index (κ2) is 22.8. The van der Waals surface area contributed by atoms with Gasteiger partial charge < -0.3 is 33.2 Å². The first-order valence-electron chi connectivity index (χ1n) is 8.33. The van der Waals surface area contributed by atoms with Crippen LogP contribution in [0.25, 0.3) is 0 Å². The van der Waals surface area contributed by atoms with Crippen LogP contribution >= 0.6 is 0 Å². The highest BCUT2D eigenvalue weighted by Crippen LogP contribution is 1.85. The zero-order valence-electron chi connectivity index (χ0n) is 14.9. The summed E-state index contributed by atoms with van der Waals surface area (Å²) < 4.78 is 36.8. The summed E-state index contributed by atoms with van der Waals surface area (Å²) in [7, 11) is 0. The second-order valence-electron chi connectivity index (χ2n) is 4.58. The molecule has 0 heterocycles. The predicted octanol–water partition coefficient (Wildman–Crippen LogP) is 0.369. The maximum atomic E-state index is 5.37. The topological polar surface area (TPSA) is 64.6 Å². The van der Waals surface area contributed by atoms with Crippen LogP contribution in [0.1, 0.15) is 0 Å². The van der Waals surface area contributed by atoms with Crippen molar-refractivity contribution in [1.29, 1.82) is 0 Å². The molecule has 0 radical (unpaired) electrons. The molecule has 0 unspecified atom stereocenters. The molecule has 0 saturated carbocycles. The van der Waals surface area contributed by atoms with Gasteiger partial charge in [-0.1, -0.05) is 11.8 Å². The third kappa shape index (κ3) is 22.8. The Bertz CT molecular complexity index is 303. The fraction of sp³-hybridized carbons (Fsp3) is 0.778. The van der Waals surface area contributed by atoms with E-state index in [1.807, 2.05) is 0 Å². The molecule has 0 saturated heterocycles. The Kier molecular flexibility index (Phi) is 21.8. The normalized spacial score (nSPS) is 10.5. The smallest absolute Gasteiger partial charge is 0.107 e. The lowest BCUT2D eigenvalue weighted by atomic mass is 10.6. The number of hydrogen-bond acceptors (Lipinski definition) is 7. The lowest BCUT2D eigenvalue weighted by Gasteiger charge is -2.08. The van der Waals surface area contributed by atoms with Crippen molar-refractivity contribution in [3.05, 3.63) is 0 Å². The van der Waals surface area contributed by atoms with Crippen LogP contribution in [0.4, 0.5) is 0 Å². The zero-order chi connectivity index (χ0) is 18.3. The summed E-state index contributed by atoms with van der Waals surface area (Å²) in [5.41, 5.74) is 0. The summed E-state index contributed by atoms with van der Waals surface area (Å²) in [6.45, 7) is 6.86. The molecule has 0 rings (SSSR count). The lowest BCUT2D eigenvalue weighted by Crippen LogP contribution is -2.14. The summed E-state index contributed by atoms with van der Waals surface area (Å²) in [6, 6.07) is 0. The van der Waals surface area contributed by atoms with Gasteiger partial charge in [0.15, 0.2) is 0 Å². The number of rotatable bonds is 20. The van der Waals surface area contributed by atoms with E-state index >= 15 is 0 Å². The monoisotopic (exact) mass is 358 g/mol. The van der Waals surface area contributed by atoms with E-state index in [0.717, 1.165) is 0 Å². The molecule has 0 aliphatic carbocycles. The van der Waals surface area contributed by atoms with Crippen LogP contribution in [-0.2, 0) is 33.2 Å². The zero-order valence-corrected chi connectivity index (χ0v) is 14.9. The van der Waals surface area contributed by atoms with Crippen LogP contribution in [0.2, 0.25) is 0 Å². The van der Waals surface area contributed by atoms with E-state index in [4.69, 9.17) is 46.0 Å². The van der Waals surface area contributed by atoms with Gasteiger partial charge in [0.2, 0.25) is 0 Å². The van der Waals surface area contributed by atoms with Crippen LogP contribution in [-0.4, -0.2) is 92.5 Å². The average Bonchev–Trinajstić information content (AvgIpc) is 2.63. The Balaban J connectivity index is 2.96. The van der Waals surface area contributed by atoms with Crippen LogP contribution < -0.4 is 0 Å². The molecule has 0 aromatic carbocycles. The summed E-state index contributed by atoms with van der Waals surface area (Å²) in [6.07, 6.45) is 10.1. The third-order valence-corrected chi connectivity index (χ3v) is 2.60. The number of terminal acetylenes is 2. The Morgan fingerprint density at radius 1 is 0.360 bits per heavy atom. The highest BCUT2D eigenvalue weighted by molar-refractivity contribution is 4.83. The average molecular weight is 358 g/mol. The first-order valence-corrected chi connectivity index (χ1v) is 8.33. The van der Waals surface area contributed by atoms with Gasteiger partial charge in [-0.25, -0.2) is 0 Å². The number of ether oxygens (including phenoxy) is 7. The van der Waals surface area contributed by atoms with Crippen LogP contribution in [0.3, 0.4) is 0 Å². The van der Waals surface area contributed by atoms with E-state index in [9.17, 15) is 0 Å². The van der Waals surface area contributed by atoms with E-state index in [2.05, 4.69) is 11.8 Å². The highest BCUT2D eigenvalue weighted by Gasteiger charge is 1.94. The maximum absolute atomic E-state index is 5.37. The van der Waals surface area contributed by atoms with Gasteiger partial charge in [0.05, 0.1) is 79.3 Å². The van der Waals surface area contributed by atoms with Crippen LogP contribution in [0, 0.1) is 24.7 Å². The molecule has 0 bridgehead atoms. The molecule has 0 aromatic rings. The Hall–Kier alpha value is -1.16.